The highest BCUT2D eigenvalue weighted by atomic mass is 16.4. The van der Waals surface area contributed by atoms with E-state index in [1.807, 2.05) is 24.3 Å². The zero-order valence-electron chi connectivity index (χ0n) is 10.9. The van der Waals surface area contributed by atoms with Crippen LogP contribution in [0.2, 0.25) is 0 Å². The molecule has 7 heteroatoms. The average Bonchev–Trinajstić information content (AvgIpc) is 3.04. The molecule has 2 heterocycles. The molecule has 0 saturated carbocycles. The fourth-order valence-corrected chi connectivity index (χ4v) is 2.11. The first-order valence-electron chi connectivity index (χ1n) is 6.25. The number of fused-ring (bicyclic) bond motifs is 1. The van der Waals surface area contributed by atoms with Gasteiger partial charge < -0.3 is 15.4 Å². The lowest BCUT2D eigenvalue weighted by Gasteiger charge is -2.00. The van der Waals surface area contributed by atoms with Crippen LogP contribution in [-0.2, 0) is 11.3 Å². The van der Waals surface area contributed by atoms with E-state index in [0.29, 0.717) is 11.3 Å². The van der Waals surface area contributed by atoms with Crippen molar-refractivity contribution in [1.82, 2.24) is 14.8 Å². The summed E-state index contributed by atoms with van der Waals surface area (Å²) >= 11 is 0. The maximum Gasteiger partial charge on any atom is 0.325 e. The third kappa shape index (κ3) is 2.62. The van der Waals surface area contributed by atoms with E-state index in [2.05, 4.69) is 15.4 Å². The standard InChI is InChI=1S/C14H12N4O3/c19-13(20)8-18-7-9(5-16-18)17-14(21)11-6-15-12-4-2-1-3-10(11)12/h1-7,15H,8H2,(H,17,21)(H,19,20). The van der Waals surface area contributed by atoms with E-state index in [1.54, 1.807) is 6.20 Å². The van der Waals surface area contributed by atoms with Crippen molar-refractivity contribution in [2.45, 2.75) is 6.54 Å². The van der Waals surface area contributed by atoms with Crippen LogP contribution < -0.4 is 5.32 Å². The minimum absolute atomic E-state index is 0.247. The van der Waals surface area contributed by atoms with Gasteiger partial charge in [-0.15, -0.1) is 0 Å². The van der Waals surface area contributed by atoms with Gasteiger partial charge in [0.05, 0.1) is 17.4 Å². The van der Waals surface area contributed by atoms with E-state index in [-0.39, 0.29) is 12.5 Å². The Balaban J connectivity index is 1.80. The van der Waals surface area contributed by atoms with Crippen LogP contribution in [0.1, 0.15) is 10.4 Å². The molecule has 0 bridgehead atoms. The van der Waals surface area contributed by atoms with Gasteiger partial charge in [0, 0.05) is 23.3 Å². The maximum absolute atomic E-state index is 12.2. The first-order chi connectivity index (χ1) is 10.1. The molecule has 0 fully saturated rings. The van der Waals surface area contributed by atoms with Crippen molar-refractivity contribution in [3.8, 4) is 0 Å². The van der Waals surface area contributed by atoms with Crippen molar-refractivity contribution in [3.05, 3.63) is 48.4 Å². The van der Waals surface area contributed by atoms with Crippen molar-refractivity contribution in [1.29, 1.82) is 0 Å². The zero-order chi connectivity index (χ0) is 14.8. The Labute approximate surface area is 119 Å². The Morgan fingerprint density at radius 1 is 1.33 bits per heavy atom. The number of benzene rings is 1. The van der Waals surface area contributed by atoms with Crippen molar-refractivity contribution in [2.24, 2.45) is 0 Å². The first-order valence-corrected chi connectivity index (χ1v) is 6.25. The summed E-state index contributed by atoms with van der Waals surface area (Å²) in [5.74, 6) is -1.27. The predicted molar refractivity (Wildman–Crippen MR) is 76.1 cm³/mol. The summed E-state index contributed by atoms with van der Waals surface area (Å²) in [6.07, 6.45) is 4.53. The summed E-state index contributed by atoms with van der Waals surface area (Å²) in [4.78, 5) is 25.8. The van der Waals surface area contributed by atoms with Crippen LogP contribution in [0.5, 0.6) is 0 Å². The van der Waals surface area contributed by atoms with Gasteiger partial charge in [0.2, 0.25) is 0 Å². The molecule has 1 amide bonds. The molecule has 3 rings (SSSR count). The van der Waals surface area contributed by atoms with Crippen LogP contribution in [0.25, 0.3) is 10.9 Å². The van der Waals surface area contributed by atoms with Gasteiger partial charge in [-0.05, 0) is 6.07 Å². The molecule has 21 heavy (non-hydrogen) atoms. The highest BCUT2D eigenvalue weighted by Crippen LogP contribution is 2.19. The van der Waals surface area contributed by atoms with Gasteiger partial charge in [-0.1, -0.05) is 18.2 Å². The van der Waals surface area contributed by atoms with Crippen LogP contribution in [0.15, 0.2) is 42.9 Å². The number of aliphatic carboxylic acids is 1. The summed E-state index contributed by atoms with van der Waals surface area (Å²) in [6, 6.07) is 7.49. The zero-order valence-corrected chi connectivity index (χ0v) is 10.9. The molecule has 3 aromatic rings. The van der Waals surface area contributed by atoms with Gasteiger partial charge in [-0.25, -0.2) is 0 Å². The molecule has 0 aliphatic heterocycles. The Hall–Kier alpha value is -3.09. The fourth-order valence-electron chi connectivity index (χ4n) is 2.11. The van der Waals surface area contributed by atoms with Crippen LogP contribution in [0.4, 0.5) is 5.69 Å². The molecule has 0 spiro atoms. The smallest absolute Gasteiger partial charge is 0.325 e. The summed E-state index contributed by atoms with van der Waals surface area (Å²) < 4.78 is 1.24. The Morgan fingerprint density at radius 3 is 2.95 bits per heavy atom. The highest BCUT2D eigenvalue weighted by molar-refractivity contribution is 6.12. The average molecular weight is 284 g/mol. The summed E-state index contributed by atoms with van der Waals surface area (Å²) in [7, 11) is 0. The van der Waals surface area contributed by atoms with Gasteiger partial charge >= 0.3 is 5.97 Å². The lowest BCUT2D eigenvalue weighted by Crippen LogP contribution is -2.11. The number of aromatic amines is 1. The quantitative estimate of drug-likeness (QED) is 0.678. The number of aromatic nitrogens is 3. The molecule has 3 N–H and O–H groups in total. The number of H-pyrrole nitrogens is 1. The third-order valence-electron chi connectivity index (χ3n) is 3.02. The molecule has 0 atom stereocenters. The second-order valence-corrected chi connectivity index (χ2v) is 4.52. The Kier molecular flexibility index (Phi) is 3.15. The topological polar surface area (TPSA) is 100 Å². The van der Waals surface area contributed by atoms with Crippen LogP contribution >= 0.6 is 0 Å². The minimum atomic E-state index is -0.993. The number of carbonyl (C=O) groups is 2. The molecule has 0 aliphatic carbocycles. The van der Waals surface area contributed by atoms with E-state index in [4.69, 9.17) is 5.11 Å². The predicted octanol–water partition coefficient (Wildman–Crippen LogP) is 1.70. The monoisotopic (exact) mass is 284 g/mol. The number of amides is 1. The van der Waals surface area contributed by atoms with Crippen LogP contribution in [0.3, 0.4) is 0 Å². The molecule has 1 aromatic carbocycles. The Morgan fingerprint density at radius 2 is 2.14 bits per heavy atom. The first kappa shape index (κ1) is 12.9. The number of nitrogens with one attached hydrogen (secondary N) is 2. The normalized spacial score (nSPS) is 10.7. The molecular weight excluding hydrogens is 272 g/mol. The molecule has 0 unspecified atom stereocenters. The van der Waals surface area contributed by atoms with Crippen LogP contribution in [0, 0.1) is 0 Å². The number of carboxylic acid groups (broad SMARTS) is 1. The minimum Gasteiger partial charge on any atom is -0.480 e. The number of carboxylic acids is 1. The summed E-state index contributed by atoms with van der Waals surface area (Å²) in [5, 5.41) is 16.1. The second-order valence-electron chi connectivity index (χ2n) is 4.52. The number of carbonyl (C=O) groups excluding carboxylic acids is 1. The fraction of sp³-hybridized carbons (Fsp3) is 0.0714. The van der Waals surface area contributed by atoms with Crippen molar-refractivity contribution >= 4 is 28.5 Å². The van der Waals surface area contributed by atoms with E-state index in [1.165, 1.54) is 17.1 Å². The summed E-state index contributed by atoms with van der Waals surface area (Å²) in [5.41, 5.74) is 1.85. The molecule has 7 nitrogen and oxygen atoms in total. The third-order valence-corrected chi connectivity index (χ3v) is 3.02. The molecule has 0 radical (unpaired) electrons. The maximum atomic E-state index is 12.2. The number of anilines is 1. The Bertz CT molecular complexity index is 818. The van der Waals surface area contributed by atoms with E-state index >= 15 is 0 Å². The van der Waals surface area contributed by atoms with E-state index in [9.17, 15) is 9.59 Å². The number of nitrogens with zero attached hydrogens (tertiary/aromatic N) is 2. The molecular formula is C14H12N4O3. The molecule has 2 aromatic heterocycles. The largest absolute Gasteiger partial charge is 0.480 e. The van der Waals surface area contributed by atoms with Gasteiger partial charge in [0.1, 0.15) is 6.54 Å². The van der Waals surface area contributed by atoms with Gasteiger partial charge in [-0.3, -0.25) is 14.3 Å². The number of para-hydroxylation sites is 1. The summed E-state index contributed by atoms with van der Waals surface area (Å²) in [6.45, 7) is -0.247. The second kappa shape index (κ2) is 5.12. The van der Waals surface area contributed by atoms with Gasteiger partial charge in [0.25, 0.3) is 5.91 Å². The SMILES string of the molecule is O=C(O)Cn1cc(NC(=O)c2c[nH]c3ccccc23)cn1. The van der Waals surface area contributed by atoms with Crippen LogP contribution in [-0.4, -0.2) is 31.7 Å². The number of hydrogen-bond donors (Lipinski definition) is 3. The van der Waals surface area contributed by atoms with E-state index in [0.717, 1.165) is 10.9 Å². The molecule has 0 saturated heterocycles. The molecule has 106 valence electrons. The van der Waals surface area contributed by atoms with Gasteiger partial charge in [-0.2, -0.15) is 5.10 Å². The van der Waals surface area contributed by atoms with Crippen molar-refractivity contribution in [3.63, 3.8) is 0 Å². The van der Waals surface area contributed by atoms with Crippen molar-refractivity contribution in [2.75, 3.05) is 5.32 Å². The van der Waals surface area contributed by atoms with Crippen molar-refractivity contribution < 1.29 is 14.7 Å². The highest BCUT2D eigenvalue weighted by Gasteiger charge is 2.12. The molecule has 0 aliphatic rings. The number of hydrogen-bond acceptors (Lipinski definition) is 3. The van der Waals surface area contributed by atoms with E-state index < -0.39 is 5.97 Å². The number of rotatable bonds is 4. The van der Waals surface area contributed by atoms with Gasteiger partial charge in [0.15, 0.2) is 0 Å². The lowest BCUT2D eigenvalue weighted by atomic mass is 10.1. The lowest BCUT2D eigenvalue weighted by molar-refractivity contribution is -0.137.